The van der Waals surface area contributed by atoms with Crippen molar-refractivity contribution in [2.45, 2.75) is 25.3 Å². The van der Waals surface area contributed by atoms with E-state index in [-0.39, 0.29) is 6.04 Å². The first kappa shape index (κ1) is 12.9. The lowest BCUT2D eigenvalue weighted by molar-refractivity contribution is 0.285. The molecular formula is C15H17BrN2O. The standard InChI is InChI=1S/C15H17BrN2O/c16-13-7-8-19-15(13)14(18-17)12-6-5-10-3-1-2-4-11(10)9-12/h1-4,7-8,12,14,18H,5-6,9,17H2. The van der Waals surface area contributed by atoms with Crippen LogP contribution in [0.5, 0.6) is 0 Å². The van der Waals surface area contributed by atoms with Crippen LogP contribution in [0.3, 0.4) is 0 Å². The fourth-order valence-corrected chi connectivity index (χ4v) is 3.41. The van der Waals surface area contributed by atoms with E-state index in [0.29, 0.717) is 5.92 Å². The van der Waals surface area contributed by atoms with Crippen molar-refractivity contribution in [3.05, 3.63) is 58.0 Å². The van der Waals surface area contributed by atoms with Gasteiger partial charge in [0.05, 0.1) is 16.8 Å². The molecule has 2 aromatic rings. The minimum atomic E-state index is 0.0535. The Labute approximate surface area is 121 Å². The maximum absolute atomic E-state index is 5.75. The Balaban J connectivity index is 1.85. The van der Waals surface area contributed by atoms with Crippen molar-refractivity contribution in [3.63, 3.8) is 0 Å². The summed E-state index contributed by atoms with van der Waals surface area (Å²) >= 11 is 3.52. The fourth-order valence-electron chi connectivity index (χ4n) is 2.96. The molecule has 4 heteroatoms. The van der Waals surface area contributed by atoms with Gasteiger partial charge in [-0.05, 0) is 58.3 Å². The molecule has 0 spiro atoms. The molecule has 0 saturated heterocycles. The molecule has 3 rings (SSSR count). The Morgan fingerprint density at radius 1 is 1.26 bits per heavy atom. The first-order valence-electron chi connectivity index (χ1n) is 6.55. The number of halogens is 1. The highest BCUT2D eigenvalue weighted by Crippen LogP contribution is 2.36. The topological polar surface area (TPSA) is 51.2 Å². The highest BCUT2D eigenvalue weighted by Gasteiger charge is 2.29. The highest BCUT2D eigenvalue weighted by molar-refractivity contribution is 9.10. The van der Waals surface area contributed by atoms with Gasteiger partial charge in [-0.2, -0.15) is 0 Å². The van der Waals surface area contributed by atoms with Gasteiger partial charge < -0.3 is 4.42 Å². The smallest absolute Gasteiger partial charge is 0.136 e. The first-order chi connectivity index (χ1) is 9.29. The second-order valence-corrected chi connectivity index (χ2v) is 5.90. The van der Waals surface area contributed by atoms with Gasteiger partial charge in [-0.1, -0.05) is 24.3 Å². The molecular weight excluding hydrogens is 304 g/mol. The van der Waals surface area contributed by atoms with Crippen LogP contribution < -0.4 is 11.3 Å². The Kier molecular flexibility index (Phi) is 3.73. The average molecular weight is 321 g/mol. The van der Waals surface area contributed by atoms with Crippen LogP contribution in [0, 0.1) is 5.92 Å². The third-order valence-corrected chi connectivity index (χ3v) is 4.62. The van der Waals surface area contributed by atoms with Crippen LogP contribution in [-0.2, 0) is 12.8 Å². The number of hydrazine groups is 1. The van der Waals surface area contributed by atoms with Crippen molar-refractivity contribution >= 4 is 15.9 Å². The molecule has 1 aliphatic rings. The van der Waals surface area contributed by atoms with Crippen molar-refractivity contribution in [3.8, 4) is 0 Å². The van der Waals surface area contributed by atoms with Crippen molar-refractivity contribution in [2.24, 2.45) is 11.8 Å². The molecule has 19 heavy (non-hydrogen) atoms. The molecule has 0 radical (unpaired) electrons. The number of aryl methyl sites for hydroxylation is 1. The monoisotopic (exact) mass is 320 g/mol. The summed E-state index contributed by atoms with van der Waals surface area (Å²) in [6, 6.07) is 10.6. The minimum Gasteiger partial charge on any atom is -0.466 e. The zero-order chi connectivity index (χ0) is 13.2. The van der Waals surface area contributed by atoms with Gasteiger partial charge in [0.1, 0.15) is 5.76 Å². The van der Waals surface area contributed by atoms with Gasteiger partial charge in [-0.15, -0.1) is 0 Å². The van der Waals surface area contributed by atoms with Crippen LogP contribution in [0.4, 0.5) is 0 Å². The van der Waals surface area contributed by atoms with E-state index in [9.17, 15) is 0 Å². The molecule has 1 aromatic heterocycles. The van der Waals surface area contributed by atoms with E-state index in [2.05, 4.69) is 45.6 Å². The maximum atomic E-state index is 5.75. The molecule has 3 N–H and O–H groups in total. The van der Waals surface area contributed by atoms with Gasteiger partial charge in [0, 0.05) is 0 Å². The number of rotatable bonds is 3. The highest BCUT2D eigenvalue weighted by atomic mass is 79.9. The predicted octanol–water partition coefficient (Wildman–Crippen LogP) is 3.35. The van der Waals surface area contributed by atoms with Crippen molar-refractivity contribution in [1.29, 1.82) is 0 Å². The number of hydrogen-bond donors (Lipinski definition) is 2. The fraction of sp³-hybridized carbons (Fsp3) is 0.333. The quantitative estimate of drug-likeness (QED) is 0.673. The van der Waals surface area contributed by atoms with E-state index in [4.69, 9.17) is 10.3 Å². The average Bonchev–Trinajstić information content (AvgIpc) is 2.86. The Bertz CT molecular complexity index is 567. The van der Waals surface area contributed by atoms with Crippen molar-refractivity contribution < 1.29 is 4.42 Å². The molecule has 0 amide bonds. The zero-order valence-electron chi connectivity index (χ0n) is 10.6. The molecule has 1 aliphatic carbocycles. The van der Waals surface area contributed by atoms with Gasteiger partial charge in [-0.25, -0.2) is 5.43 Å². The van der Waals surface area contributed by atoms with Gasteiger partial charge in [-0.3, -0.25) is 5.84 Å². The second-order valence-electron chi connectivity index (χ2n) is 5.05. The summed E-state index contributed by atoms with van der Waals surface area (Å²) in [4.78, 5) is 0. The molecule has 0 aliphatic heterocycles. The first-order valence-corrected chi connectivity index (χ1v) is 7.34. The third-order valence-electron chi connectivity index (χ3n) is 3.96. The summed E-state index contributed by atoms with van der Waals surface area (Å²) < 4.78 is 6.55. The van der Waals surface area contributed by atoms with Crippen LogP contribution in [-0.4, -0.2) is 0 Å². The summed E-state index contributed by atoms with van der Waals surface area (Å²) in [5.41, 5.74) is 5.82. The lowest BCUT2D eigenvalue weighted by Gasteiger charge is -2.30. The summed E-state index contributed by atoms with van der Waals surface area (Å²) in [6.07, 6.45) is 4.97. The number of furan rings is 1. The second kappa shape index (κ2) is 5.49. The molecule has 0 bridgehead atoms. The van der Waals surface area contributed by atoms with Crippen LogP contribution in [0.25, 0.3) is 0 Å². The van der Waals surface area contributed by atoms with E-state index < -0.39 is 0 Å². The number of nitrogens with two attached hydrogens (primary N) is 1. The van der Waals surface area contributed by atoms with E-state index in [1.807, 2.05) is 6.07 Å². The van der Waals surface area contributed by atoms with Gasteiger partial charge in [0.15, 0.2) is 0 Å². The Morgan fingerprint density at radius 2 is 2.05 bits per heavy atom. The van der Waals surface area contributed by atoms with Crippen LogP contribution in [0.2, 0.25) is 0 Å². The minimum absolute atomic E-state index is 0.0535. The predicted molar refractivity (Wildman–Crippen MR) is 78.4 cm³/mol. The number of benzene rings is 1. The number of fused-ring (bicyclic) bond motifs is 1. The molecule has 100 valence electrons. The normalized spacial score (nSPS) is 20.0. The molecule has 2 unspecified atom stereocenters. The number of nitrogens with one attached hydrogen (secondary N) is 1. The molecule has 3 nitrogen and oxygen atoms in total. The van der Waals surface area contributed by atoms with E-state index in [1.165, 1.54) is 11.1 Å². The van der Waals surface area contributed by atoms with Crippen molar-refractivity contribution in [1.82, 2.24) is 5.43 Å². The SMILES string of the molecule is NNC(c1occc1Br)C1CCc2ccccc2C1. The number of hydrogen-bond acceptors (Lipinski definition) is 3. The van der Waals surface area contributed by atoms with E-state index >= 15 is 0 Å². The molecule has 0 saturated carbocycles. The summed E-state index contributed by atoms with van der Waals surface area (Å²) in [6.45, 7) is 0. The van der Waals surface area contributed by atoms with E-state index in [0.717, 1.165) is 29.5 Å². The third kappa shape index (κ3) is 2.48. The van der Waals surface area contributed by atoms with Gasteiger partial charge >= 0.3 is 0 Å². The molecule has 1 heterocycles. The Hall–Kier alpha value is -1.10. The molecule has 0 fully saturated rings. The van der Waals surface area contributed by atoms with Crippen LogP contribution in [0.15, 0.2) is 45.5 Å². The van der Waals surface area contributed by atoms with Gasteiger partial charge in [0.25, 0.3) is 0 Å². The summed E-state index contributed by atoms with van der Waals surface area (Å²) in [5, 5.41) is 0. The largest absolute Gasteiger partial charge is 0.466 e. The summed E-state index contributed by atoms with van der Waals surface area (Å²) in [5.74, 6) is 7.11. The van der Waals surface area contributed by atoms with E-state index in [1.54, 1.807) is 6.26 Å². The zero-order valence-corrected chi connectivity index (χ0v) is 12.2. The maximum Gasteiger partial charge on any atom is 0.136 e. The van der Waals surface area contributed by atoms with Crippen molar-refractivity contribution in [2.75, 3.05) is 0 Å². The lowest BCUT2D eigenvalue weighted by Crippen LogP contribution is -2.36. The summed E-state index contributed by atoms with van der Waals surface area (Å²) in [7, 11) is 0. The molecule has 1 aromatic carbocycles. The van der Waals surface area contributed by atoms with Gasteiger partial charge in [0.2, 0.25) is 0 Å². The lowest BCUT2D eigenvalue weighted by atomic mass is 9.79. The Morgan fingerprint density at radius 3 is 2.74 bits per heavy atom. The molecule has 2 atom stereocenters. The van der Waals surface area contributed by atoms with Crippen LogP contribution in [0.1, 0.15) is 29.3 Å². The van der Waals surface area contributed by atoms with Crippen LogP contribution >= 0.6 is 15.9 Å².